The van der Waals surface area contributed by atoms with Crippen LogP contribution in [0.1, 0.15) is 50.5 Å². The Bertz CT molecular complexity index is 608. The van der Waals surface area contributed by atoms with Crippen molar-refractivity contribution in [1.82, 2.24) is 10.2 Å². The largest absolute Gasteiger partial charge is 0.342 e. The summed E-state index contributed by atoms with van der Waals surface area (Å²) in [7, 11) is 0. The minimum absolute atomic E-state index is 0.276. The first kappa shape index (κ1) is 16.6. The number of carbonyl (C=O) groups is 1. The van der Waals surface area contributed by atoms with Crippen molar-refractivity contribution in [2.24, 2.45) is 5.41 Å². The van der Waals surface area contributed by atoms with Crippen molar-refractivity contribution in [1.29, 1.82) is 0 Å². The summed E-state index contributed by atoms with van der Waals surface area (Å²) in [5, 5.41) is 3.51. The van der Waals surface area contributed by atoms with Crippen LogP contribution in [0.3, 0.4) is 0 Å². The van der Waals surface area contributed by atoms with Crippen LogP contribution >= 0.6 is 15.9 Å². The molecule has 0 atom stereocenters. The highest BCUT2D eigenvalue weighted by molar-refractivity contribution is 9.10. The molecule has 1 N–H and O–H groups in total. The summed E-state index contributed by atoms with van der Waals surface area (Å²) in [5.41, 5.74) is 1.40. The molecule has 1 saturated carbocycles. The van der Waals surface area contributed by atoms with Gasteiger partial charge in [0.15, 0.2) is 0 Å². The van der Waals surface area contributed by atoms with Crippen molar-refractivity contribution in [3.8, 4) is 0 Å². The monoisotopic (exact) mass is 390 g/mol. The molecule has 1 aromatic rings. The minimum Gasteiger partial charge on any atom is -0.342 e. The molecule has 1 amide bonds. The number of nitrogens with one attached hydrogen (secondary N) is 1. The van der Waals surface area contributed by atoms with Crippen LogP contribution in [0.25, 0.3) is 0 Å². The lowest BCUT2D eigenvalue weighted by atomic mass is 9.74. The van der Waals surface area contributed by atoms with Crippen LogP contribution in [-0.4, -0.2) is 37.0 Å². The molecule has 4 heteroatoms. The zero-order chi connectivity index (χ0) is 16.6. The molecule has 2 aliphatic heterocycles. The van der Waals surface area contributed by atoms with Crippen LogP contribution in [0.5, 0.6) is 0 Å². The van der Waals surface area contributed by atoms with E-state index in [2.05, 4.69) is 44.3 Å². The number of amides is 1. The van der Waals surface area contributed by atoms with E-state index in [4.69, 9.17) is 0 Å². The molecule has 2 heterocycles. The van der Waals surface area contributed by atoms with Crippen LogP contribution < -0.4 is 5.32 Å². The van der Waals surface area contributed by atoms with Gasteiger partial charge in [0.05, 0.1) is 5.41 Å². The van der Waals surface area contributed by atoms with Gasteiger partial charge in [-0.1, -0.05) is 40.9 Å². The van der Waals surface area contributed by atoms with E-state index in [0.717, 1.165) is 43.5 Å². The molecule has 0 bridgehead atoms. The van der Waals surface area contributed by atoms with Crippen molar-refractivity contribution in [3.63, 3.8) is 0 Å². The van der Waals surface area contributed by atoms with E-state index in [1.807, 2.05) is 6.07 Å². The van der Waals surface area contributed by atoms with Gasteiger partial charge < -0.3 is 10.2 Å². The van der Waals surface area contributed by atoms with E-state index in [1.165, 1.54) is 37.7 Å². The van der Waals surface area contributed by atoms with Crippen LogP contribution in [0.2, 0.25) is 0 Å². The summed E-state index contributed by atoms with van der Waals surface area (Å²) in [6, 6.07) is 8.44. The third-order valence-electron chi connectivity index (χ3n) is 6.69. The SMILES string of the molecule is O=C(N1CCC2(CCNC2)CC1)C1(c2cccc(Br)c2)CCCC1. The Labute approximate surface area is 153 Å². The highest BCUT2D eigenvalue weighted by Crippen LogP contribution is 2.45. The molecule has 3 fully saturated rings. The lowest BCUT2D eigenvalue weighted by molar-refractivity contribution is -0.139. The van der Waals surface area contributed by atoms with Gasteiger partial charge in [-0.15, -0.1) is 0 Å². The maximum absolute atomic E-state index is 13.5. The zero-order valence-electron chi connectivity index (χ0n) is 14.3. The van der Waals surface area contributed by atoms with Crippen molar-refractivity contribution in [2.45, 2.75) is 50.4 Å². The molecule has 1 spiro atoms. The lowest BCUT2D eigenvalue weighted by Crippen LogP contribution is -2.51. The maximum Gasteiger partial charge on any atom is 0.233 e. The molecule has 3 nitrogen and oxygen atoms in total. The molecule has 130 valence electrons. The number of hydrogen-bond acceptors (Lipinski definition) is 2. The molecule has 1 aliphatic carbocycles. The first-order valence-corrected chi connectivity index (χ1v) is 10.2. The molecule has 0 aromatic heterocycles. The normalized spacial score (nSPS) is 25.3. The van der Waals surface area contributed by atoms with Crippen molar-refractivity contribution in [2.75, 3.05) is 26.2 Å². The summed E-state index contributed by atoms with van der Waals surface area (Å²) >= 11 is 3.59. The number of benzene rings is 1. The average molecular weight is 391 g/mol. The molecular formula is C20H27BrN2O. The predicted octanol–water partition coefficient (Wildman–Crippen LogP) is 3.86. The quantitative estimate of drug-likeness (QED) is 0.830. The van der Waals surface area contributed by atoms with E-state index in [1.54, 1.807) is 0 Å². The molecular weight excluding hydrogens is 364 g/mol. The van der Waals surface area contributed by atoms with Gasteiger partial charge in [0, 0.05) is 24.1 Å². The van der Waals surface area contributed by atoms with Gasteiger partial charge in [0.2, 0.25) is 5.91 Å². The number of halogens is 1. The van der Waals surface area contributed by atoms with E-state index in [0.29, 0.717) is 11.3 Å². The standard InChI is InChI=1S/C20H27BrN2O/c21-17-5-3-4-16(14-17)20(6-1-2-7-20)18(24)23-12-9-19(10-13-23)8-11-22-15-19/h3-5,14,22H,1-2,6-13,15H2. The van der Waals surface area contributed by atoms with Crippen LogP contribution in [0.15, 0.2) is 28.7 Å². The number of likely N-dealkylation sites (tertiary alicyclic amines) is 1. The molecule has 3 aliphatic rings. The zero-order valence-corrected chi connectivity index (χ0v) is 15.9. The fraction of sp³-hybridized carbons (Fsp3) is 0.650. The number of hydrogen-bond donors (Lipinski definition) is 1. The summed E-state index contributed by atoms with van der Waals surface area (Å²) in [5.74, 6) is 0.388. The van der Waals surface area contributed by atoms with Gasteiger partial charge in [-0.25, -0.2) is 0 Å². The van der Waals surface area contributed by atoms with Crippen molar-refractivity contribution < 1.29 is 4.79 Å². The molecule has 1 aromatic carbocycles. The Balaban J connectivity index is 1.55. The highest BCUT2D eigenvalue weighted by atomic mass is 79.9. The number of rotatable bonds is 2. The molecule has 0 unspecified atom stereocenters. The van der Waals surface area contributed by atoms with Gasteiger partial charge in [0.1, 0.15) is 0 Å². The third-order valence-corrected chi connectivity index (χ3v) is 7.18. The molecule has 2 saturated heterocycles. The van der Waals surface area contributed by atoms with Crippen LogP contribution in [0.4, 0.5) is 0 Å². The Morgan fingerprint density at radius 1 is 1.08 bits per heavy atom. The van der Waals surface area contributed by atoms with Crippen molar-refractivity contribution >= 4 is 21.8 Å². The Kier molecular flexibility index (Phi) is 4.46. The number of piperidine rings is 1. The Hall–Kier alpha value is -0.870. The molecule has 0 radical (unpaired) electrons. The average Bonchev–Trinajstić information content (AvgIpc) is 3.26. The van der Waals surface area contributed by atoms with E-state index < -0.39 is 0 Å². The van der Waals surface area contributed by atoms with Crippen LogP contribution in [0, 0.1) is 5.41 Å². The highest BCUT2D eigenvalue weighted by Gasteiger charge is 2.47. The smallest absolute Gasteiger partial charge is 0.233 e. The summed E-state index contributed by atoms with van der Waals surface area (Å²) in [4.78, 5) is 15.7. The molecule has 4 rings (SSSR count). The second-order valence-electron chi connectivity index (χ2n) is 8.02. The Morgan fingerprint density at radius 3 is 2.46 bits per heavy atom. The fourth-order valence-electron chi connectivity index (χ4n) is 5.10. The lowest BCUT2D eigenvalue weighted by Gasteiger charge is -2.42. The number of carbonyl (C=O) groups excluding carboxylic acids is 1. The van der Waals surface area contributed by atoms with Crippen molar-refractivity contribution in [3.05, 3.63) is 34.3 Å². The maximum atomic E-state index is 13.5. The van der Waals surface area contributed by atoms with Gasteiger partial charge >= 0.3 is 0 Å². The predicted molar refractivity (Wildman–Crippen MR) is 100 cm³/mol. The van der Waals surface area contributed by atoms with Gasteiger partial charge in [-0.2, -0.15) is 0 Å². The number of nitrogens with zero attached hydrogens (tertiary/aromatic N) is 1. The van der Waals surface area contributed by atoms with Gasteiger partial charge in [-0.05, 0) is 61.8 Å². The Morgan fingerprint density at radius 2 is 1.83 bits per heavy atom. The van der Waals surface area contributed by atoms with E-state index in [-0.39, 0.29) is 5.41 Å². The topological polar surface area (TPSA) is 32.3 Å². The summed E-state index contributed by atoms with van der Waals surface area (Å²) in [6.45, 7) is 4.17. The summed E-state index contributed by atoms with van der Waals surface area (Å²) < 4.78 is 1.08. The third kappa shape index (κ3) is 2.82. The van der Waals surface area contributed by atoms with Gasteiger partial charge in [-0.3, -0.25) is 4.79 Å². The van der Waals surface area contributed by atoms with Crippen LogP contribution in [-0.2, 0) is 10.2 Å². The molecule has 24 heavy (non-hydrogen) atoms. The summed E-state index contributed by atoms with van der Waals surface area (Å²) in [6.07, 6.45) is 7.96. The first-order valence-electron chi connectivity index (χ1n) is 9.40. The fourth-order valence-corrected chi connectivity index (χ4v) is 5.50. The second-order valence-corrected chi connectivity index (χ2v) is 8.93. The van der Waals surface area contributed by atoms with E-state index in [9.17, 15) is 4.79 Å². The minimum atomic E-state index is -0.276. The second kappa shape index (κ2) is 6.45. The van der Waals surface area contributed by atoms with E-state index >= 15 is 0 Å². The first-order chi connectivity index (χ1) is 11.6. The van der Waals surface area contributed by atoms with Gasteiger partial charge in [0.25, 0.3) is 0 Å².